The maximum absolute atomic E-state index is 12.6. The Labute approximate surface area is 346 Å². The normalized spacial score (nSPS) is 14.4. The van der Waals surface area contributed by atoms with Crippen molar-refractivity contribution in [3.63, 3.8) is 0 Å². The lowest BCUT2D eigenvalue weighted by Crippen LogP contribution is -2.29. The first-order valence-corrected chi connectivity index (χ1v) is 22.9. The van der Waals surface area contributed by atoms with E-state index in [1.165, 1.54) is 38.5 Å². The zero-order valence-electron chi connectivity index (χ0n) is 35.3. The van der Waals surface area contributed by atoms with Gasteiger partial charge in [0.05, 0.1) is 13.2 Å². The average Bonchev–Trinajstić information content (AvgIpc) is 3.20. The van der Waals surface area contributed by atoms with Crippen molar-refractivity contribution in [3.8, 4) is 0 Å². The smallest absolute Gasteiger partial charge is 0.462 e. The second-order valence-corrected chi connectivity index (χ2v) is 14.9. The minimum Gasteiger partial charge on any atom is -0.462 e. The number of esters is 2. The van der Waals surface area contributed by atoms with E-state index in [1.54, 1.807) is 0 Å². The molecule has 0 amide bonds. The molecule has 2 atom stereocenters. The number of phosphoric ester groups is 1. The monoisotopic (exact) mass is 814 g/mol. The van der Waals surface area contributed by atoms with Crippen molar-refractivity contribution in [2.75, 3.05) is 26.4 Å². The molecule has 0 saturated heterocycles. The molecule has 0 bridgehead atoms. The highest BCUT2D eigenvalue weighted by molar-refractivity contribution is 7.47. The van der Waals surface area contributed by atoms with Gasteiger partial charge >= 0.3 is 19.8 Å². The van der Waals surface area contributed by atoms with Gasteiger partial charge in [-0.3, -0.25) is 18.6 Å². The van der Waals surface area contributed by atoms with Crippen molar-refractivity contribution in [1.29, 1.82) is 0 Å². The van der Waals surface area contributed by atoms with Crippen molar-refractivity contribution in [1.82, 2.24) is 0 Å². The lowest BCUT2D eigenvalue weighted by atomic mass is 10.1. The summed E-state index contributed by atoms with van der Waals surface area (Å²) in [6.07, 6.45) is 55.7. The third-order valence-electron chi connectivity index (χ3n) is 8.16. The topological polar surface area (TPSA) is 134 Å². The zero-order valence-corrected chi connectivity index (χ0v) is 36.2. The number of unbranched alkanes of at least 4 members (excludes halogenated alkanes) is 7. The summed E-state index contributed by atoms with van der Waals surface area (Å²) in [5, 5.41) is 0. The summed E-state index contributed by atoms with van der Waals surface area (Å²) in [5.74, 6) is -1.00. The van der Waals surface area contributed by atoms with Crippen LogP contribution in [0.2, 0.25) is 0 Å². The van der Waals surface area contributed by atoms with E-state index in [2.05, 4.69) is 105 Å². The van der Waals surface area contributed by atoms with E-state index in [0.29, 0.717) is 19.3 Å². The fourth-order valence-electron chi connectivity index (χ4n) is 5.03. The van der Waals surface area contributed by atoms with E-state index in [0.717, 1.165) is 57.8 Å². The quantitative estimate of drug-likeness (QED) is 0.0270. The highest BCUT2D eigenvalue weighted by atomic mass is 31.2. The van der Waals surface area contributed by atoms with Crippen LogP contribution in [0.15, 0.2) is 109 Å². The van der Waals surface area contributed by atoms with Crippen LogP contribution in [0.25, 0.3) is 0 Å². The maximum atomic E-state index is 12.6. The third-order valence-corrected chi connectivity index (χ3v) is 9.14. The zero-order chi connectivity index (χ0) is 41.8. The molecule has 0 aliphatic heterocycles. The molecule has 0 heterocycles. The fraction of sp³-hybridized carbons (Fsp3) is 0.574. The number of carbonyl (C=O) groups excluding carboxylic acids is 2. The summed E-state index contributed by atoms with van der Waals surface area (Å²) < 4.78 is 32.6. The molecule has 9 nitrogen and oxygen atoms in total. The molecule has 0 aliphatic carbocycles. The van der Waals surface area contributed by atoms with Gasteiger partial charge in [-0.05, 0) is 83.5 Å². The van der Waals surface area contributed by atoms with E-state index in [-0.39, 0.29) is 32.6 Å². The lowest BCUT2D eigenvalue weighted by Gasteiger charge is -2.19. The minimum absolute atomic E-state index is 0.0299. The van der Waals surface area contributed by atoms with Crippen molar-refractivity contribution in [3.05, 3.63) is 109 Å². The van der Waals surface area contributed by atoms with Gasteiger partial charge in [0.1, 0.15) is 6.61 Å². The summed E-state index contributed by atoms with van der Waals surface area (Å²) in [6.45, 7) is 3.43. The Balaban J connectivity index is 4.40. The van der Waals surface area contributed by atoms with Crippen molar-refractivity contribution >= 4 is 19.8 Å². The van der Waals surface area contributed by atoms with Gasteiger partial charge in [-0.25, -0.2) is 4.57 Å². The van der Waals surface area contributed by atoms with Crippen LogP contribution in [-0.2, 0) is 32.7 Å². The number of rotatable bonds is 38. The number of phosphoric acid groups is 1. The molecule has 10 heteroatoms. The Kier molecular flexibility index (Phi) is 39.8. The van der Waals surface area contributed by atoms with E-state index >= 15 is 0 Å². The summed E-state index contributed by atoms with van der Waals surface area (Å²) in [6, 6.07) is 0. The molecule has 0 aromatic rings. The first kappa shape index (κ1) is 53.7. The summed E-state index contributed by atoms with van der Waals surface area (Å²) in [4.78, 5) is 34.8. The van der Waals surface area contributed by atoms with Crippen LogP contribution in [0.3, 0.4) is 0 Å². The molecule has 0 aliphatic rings. The fourth-order valence-corrected chi connectivity index (χ4v) is 5.79. The molecule has 3 N–H and O–H groups in total. The Hall–Kier alpha value is -3.33. The number of carbonyl (C=O) groups is 2. The molecule has 0 aromatic heterocycles. The van der Waals surface area contributed by atoms with Gasteiger partial charge in [-0.1, -0.05) is 155 Å². The molecular formula is C47H76NO8P. The standard InChI is InChI=1S/C47H76NO8P/c1-3-5-7-9-11-13-15-17-19-21-22-24-25-27-29-31-33-35-37-39-46(49)53-43-45(44-55-57(51,52)54-42-41-48)56-47(50)40-38-36-34-32-30-28-26-23-20-18-16-14-12-10-8-6-4-2/h5,7,11,13,17-20,22,24,26-29,32-35,45H,3-4,6,8-10,12,14-16,21,23,25,30-31,36-44,48H2,1-2H3,(H,51,52). The molecule has 0 aromatic carbocycles. The lowest BCUT2D eigenvalue weighted by molar-refractivity contribution is -0.161. The highest BCUT2D eigenvalue weighted by Crippen LogP contribution is 2.43. The molecule has 0 saturated carbocycles. The minimum atomic E-state index is -4.41. The number of ether oxygens (including phenoxy) is 2. The van der Waals surface area contributed by atoms with E-state index in [1.807, 2.05) is 18.2 Å². The van der Waals surface area contributed by atoms with E-state index in [4.69, 9.17) is 24.3 Å². The predicted octanol–water partition coefficient (Wildman–Crippen LogP) is 12.4. The van der Waals surface area contributed by atoms with Crippen LogP contribution in [0.5, 0.6) is 0 Å². The van der Waals surface area contributed by atoms with Crippen LogP contribution < -0.4 is 5.73 Å². The summed E-state index contributed by atoms with van der Waals surface area (Å²) in [7, 11) is -4.41. The van der Waals surface area contributed by atoms with Crippen LogP contribution in [0.1, 0.15) is 142 Å². The Morgan fingerprint density at radius 3 is 1.51 bits per heavy atom. The SMILES string of the molecule is CCC=CCC=CCC=CCC=CCC=CCC=CCCC(=O)OCC(COP(=O)(O)OCCN)OC(=O)CCCC=CCC=CCC=CCCCCCCCC. The average molecular weight is 814 g/mol. The number of hydrogen-bond acceptors (Lipinski definition) is 8. The van der Waals surface area contributed by atoms with Crippen molar-refractivity contribution in [2.45, 2.75) is 148 Å². The Bertz CT molecular complexity index is 1290. The van der Waals surface area contributed by atoms with Gasteiger partial charge in [-0.15, -0.1) is 0 Å². The molecule has 0 radical (unpaired) electrons. The molecule has 57 heavy (non-hydrogen) atoms. The largest absolute Gasteiger partial charge is 0.472 e. The number of nitrogens with two attached hydrogens (primary N) is 1. The molecule has 0 spiro atoms. The molecule has 0 fully saturated rings. The molecular weight excluding hydrogens is 737 g/mol. The number of hydrogen-bond donors (Lipinski definition) is 2. The first-order valence-electron chi connectivity index (χ1n) is 21.4. The molecule has 0 rings (SSSR count). The third kappa shape index (κ3) is 42.1. The highest BCUT2D eigenvalue weighted by Gasteiger charge is 2.25. The second-order valence-electron chi connectivity index (χ2n) is 13.5. The van der Waals surface area contributed by atoms with Crippen molar-refractivity contribution in [2.24, 2.45) is 5.73 Å². The molecule has 322 valence electrons. The second kappa shape index (κ2) is 42.3. The van der Waals surface area contributed by atoms with Gasteiger partial charge in [-0.2, -0.15) is 0 Å². The first-order chi connectivity index (χ1) is 27.8. The van der Waals surface area contributed by atoms with Crippen LogP contribution in [0, 0.1) is 0 Å². The Morgan fingerprint density at radius 1 is 0.544 bits per heavy atom. The summed E-state index contributed by atoms with van der Waals surface area (Å²) in [5.41, 5.74) is 5.34. The van der Waals surface area contributed by atoms with Gasteiger partial charge in [0.2, 0.25) is 0 Å². The van der Waals surface area contributed by atoms with Gasteiger partial charge in [0.25, 0.3) is 0 Å². The van der Waals surface area contributed by atoms with Gasteiger partial charge < -0.3 is 20.1 Å². The van der Waals surface area contributed by atoms with Crippen molar-refractivity contribution < 1.29 is 37.6 Å². The van der Waals surface area contributed by atoms with Crippen LogP contribution in [0.4, 0.5) is 0 Å². The Morgan fingerprint density at radius 2 is 1.00 bits per heavy atom. The summed E-state index contributed by atoms with van der Waals surface area (Å²) >= 11 is 0. The number of allylic oxidation sites excluding steroid dienone is 18. The molecule has 2 unspecified atom stereocenters. The van der Waals surface area contributed by atoms with E-state index in [9.17, 15) is 19.0 Å². The predicted molar refractivity (Wildman–Crippen MR) is 238 cm³/mol. The van der Waals surface area contributed by atoms with Crippen LogP contribution in [-0.4, -0.2) is 49.3 Å². The van der Waals surface area contributed by atoms with Crippen LogP contribution >= 0.6 is 7.82 Å². The van der Waals surface area contributed by atoms with Gasteiger partial charge in [0, 0.05) is 19.4 Å². The maximum Gasteiger partial charge on any atom is 0.472 e. The van der Waals surface area contributed by atoms with Gasteiger partial charge in [0.15, 0.2) is 6.10 Å². The van der Waals surface area contributed by atoms with E-state index < -0.39 is 32.5 Å².